The van der Waals surface area contributed by atoms with Crippen molar-refractivity contribution < 1.29 is 12.6 Å². The van der Waals surface area contributed by atoms with Gasteiger partial charge in [-0.05, 0) is 146 Å². The van der Waals surface area contributed by atoms with Gasteiger partial charge in [0.25, 0.3) is 10.1 Å². The molecular weight excluding hydrogens is 585 g/mol. The van der Waals surface area contributed by atoms with Crippen molar-refractivity contribution in [1.82, 2.24) is 0 Å². The Kier molecular flexibility index (Phi) is 19.8. The number of rotatable bonds is 20. The van der Waals surface area contributed by atoms with Crippen molar-refractivity contribution in [2.75, 3.05) is 0 Å². The van der Waals surface area contributed by atoms with Crippen LogP contribution in [-0.2, 0) is 14.3 Å². The van der Waals surface area contributed by atoms with Crippen LogP contribution in [0.1, 0.15) is 133 Å². The van der Waals surface area contributed by atoms with Gasteiger partial charge in [-0.15, -0.1) is 0 Å². The molecule has 0 spiro atoms. The van der Waals surface area contributed by atoms with Gasteiger partial charge in [-0.2, -0.15) is 8.42 Å². The van der Waals surface area contributed by atoms with E-state index in [4.69, 9.17) is 4.18 Å². The molecule has 0 aliphatic heterocycles. The fraction of sp³-hybridized carbons (Fsp3) is 0.524. The highest BCUT2D eigenvalue weighted by molar-refractivity contribution is 7.86. The van der Waals surface area contributed by atoms with E-state index in [0.717, 1.165) is 62.5 Å². The van der Waals surface area contributed by atoms with Gasteiger partial charge in [0.1, 0.15) is 6.10 Å². The molecule has 0 bridgehead atoms. The number of hydrogen-bond acceptors (Lipinski definition) is 3. The Morgan fingerprint density at radius 1 is 0.587 bits per heavy atom. The Balaban J connectivity index is 3.40. The van der Waals surface area contributed by atoms with Crippen molar-refractivity contribution >= 4 is 10.1 Å². The van der Waals surface area contributed by atoms with Gasteiger partial charge >= 0.3 is 0 Å². The van der Waals surface area contributed by atoms with E-state index in [1.165, 1.54) is 33.4 Å². The van der Waals surface area contributed by atoms with Crippen LogP contribution in [0.2, 0.25) is 0 Å². The van der Waals surface area contributed by atoms with Crippen molar-refractivity contribution in [3.05, 3.63) is 111 Å². The first-order valence-corrected chi connectivity index (χ1v) is 18.6. The molecule has 3 nitrogen and oxygen atoms in total. The van der Waals surface area contributed by atoms with Crippen molar-refractivity contribution in [2.45, 2.75) is 145 Å². The lowest BCUT2D eigenvalue weighted by Crippen LogP contribution is -2.25. The number of hydrogen-bond donors (Lipinski definition) is 0. The van der Waals surface area contributed by atoms with Crippen molar-refractivity contribution in [1.29, 1.82) is 0 Å². The van der Waals surface area contributed by atoms with Crippen LogP contribution >= 0.6 is 0 Å². The highest BCUT2D eigenvalue weighted by Crippen LogP contribution is 2.27. The van der Waals surface area contributed by atoms with Gasteiger partial charge in [-0.1, -0.05) is 99.2 Å². The first kappa shape index (κ1) is 41.3. The molecule has 1 rings (SSSR count). The SMILES string of the molecule is CC(C)=CCCC(C)=CCCC(C)=CCC(C=C(C)CCC=C(C)C)C(C=C(C)CCC=C(C)C)OS(=O)(=O)c1ccc(C)cc1. The van der Waals surface area contributed by atoms with E-state index in [-0.39, 0.29) is 10.8 Å². The highest BCUT2D eigenvalue weighted by atomic mass is 32.2. The maximum absolute atomic E-state index is 13.6. The van der Waals surface area contributed by atoms with Crippen LogP contribution in [-0.4, -0.2) is 14.5 Å². The number of aryl methyl sites for hydroxylation is 1. The Morgan fingerprint density at radius 2 is 1.00 bits per heavy atom. The van der Waals surface area contributed by atoms with Gasteiger partial charge in [-0.3, -0.25) is 4.18 Å². The van der Waals surface area contributed by atoms with Gasteiger partial charge in [0.05, 0.1) is 4.90 Å². The first-order valence-electron chi connectivity index (χ1n) is 17.1. The summed E-state index contributed by atoms with van der Waals surface area (Å²) < 4.78 is 33.4. The molecule has 46 heavy (non-hydrogen) atoms. The molecule has 0 fully saturated rings. The summed E-state index contributed by atoms with van der Waals surface area (Å²) in [6.07, 6.45) is 23.7. The number of benzene rings is 1. The summed E-state index contributed by atoms with van der Waals surface area (Å²) in [5, 5.41) is 0. The lowest BCUT2D eigenvalue weighted by Gasteiger charge is -2.23. The lowest BCUT2D eigenvalue weighted by atomic mass is 9.91. The molecule has 0 aliphatic rings. The molecule has 0 amide bonds. The van der Waals surface area contributed by atoms with Gasteiger partial charge in [0, 0.05) is 5.92 Å². The molecule has 0 heterocycles. The third kappa shape index (κ3) is 19.1. The summed E-state index contributed by atoms with van der Waals surface area (Å²) in [7, 11) is -3.97. The second-order valence-electron chi connectivity index (χ2n) is 13.9. The molecule has 4 heteroatoms. The lowest BCUT2D eigenvalue weighted by molar-refractivity contribution is 0.208. The average molecular weight is 649 g/mol. The second kappa shape index (κ2) is 22.0. The smallest absolute Gasteiger partial charge is 0.258 e. The standard InChI is InChI=1S/C42H64O3S/c1-32(2)16-12-19-35(7)20-15-21-36(8)24-27-40(30-38(10)22-13-17-33(3)4)42(31-39(11)23-14-18-34(5)6)45-46(43,44)41-28-25-37(9)26-29-41/h16-18,20,24-26,28-31,40,42H,12-15,19,21-23,27H2,1-11H3. The van der Waals surface area contributed by atoms with Crippen LogP contribution in [0.3, 0.4) is 0 Å². The van der Waals surface area contributed by atoms with E-state index in [2.05, 4.69) is 112 Å². The minimum absolute atomic E-state index is 0.123. The van der Waals surface area contributed by atoms with Crippen LogP contribution in [0, 0.1) is 12.8 Å². The average Bonchev–Trinajstić information content (AvgIpc) is 2.94. The zero-order valence-electron chi connectivity index (χ0n) is 31.0. The highest BCUT2D eigenvalue weighted by Gasteiger charge is 2.26. The van der Waals surface area contributed by atoms with Crippen molar-refractivity contribution in [3.8, 4) is 0 Å². The van der Waals surface area contributed by atoms with E-state index in [1.807, 2.05) is 19.1 Å². The van der Waals surface area contributed by atoms with E-state index < -0.39 is 16.2 Å². The van der Waals surface area contributed by atoms with Crippen LogP contribution < -0.4 is 0 Å². The van der Waals surface area contributed by atoms with Crippen LogP contribution in [0.25, 0.3) is 0 Å². The molecule has 0 saturated carbocycles. The summed E-state index contributed by atoms with van der Waals surface area (Å²) in [6, 6.07) is 6.92. The molecule has 2 unspecified atom stereocenters. The van der Waals surface area contributed by atoms with E-state index in [0.29, 0.717) is 6.42 Å². The zero-order valence-corrected chi connectivity index (χ0v) is 31.8. The third-order valence-corrected chi connectivity index (χ3v) is 9.29. The number of allylic oxidation sites excluding steroid dienone is 12. The van der Waals surface area contributed by atoms with Crippen LogP contribution in [0.15, 0.2) is 111 Å². The van der Waals surface area contributed by atoms with Crippen LogP contribution in [0.5, 0.6) is 0 Å². The van der Waals surface area contributed by atoms with Gasteiger partial charge in [0.2, 0.25) is 0 Å². The summed E-state index contributed by atoms with van der Waals surface area (Å²) in [5.74, 6) is -0.123. The molecule has 0 radical (unpaired) electrons. The molecule has 256 valence electrons. The maximum atomic E-state index is 13.6. The molecule has 1 aromatic rings. The van der Waals surface area contributed by atoms with Crippen LogP contribution in [0.4, 0.5) is 0 Å². The minimum atomic E-state index is -3.97. The summed E-state index contributed by atoms with van der Waals surface area (Å²) in [6.45, 7) is 23.4. The molecule has 0 aromatic heterocycles. The van der Waals surface area contributed by atoms with Crippen molar-refractivity contribution in [3.63, 3.8) is 0 Å². The monoisotopic (exact) mass is 648 g/mol. The normalized spacial score (nSPS) is 14.5. The maximum Gasteiger partial charge on any atom is 0.297 e. The first-order chi connectivity index (χ1) is 21.6. The molecular formula is C42H64O3S. The third-order valence-electron chi connectivity index (χ3n) is 7.96. The second-order valence-corrected chi connectivity index (χ2v) is 15.4. The van der Waals surface area contributed by atoms with Gasteiger partial charge in [0.15, 0.2) is 0 Å². The molecule has 0 aliphatic carbocycles. The van der Waals surface area contributed by atoms with Crippen molar-refractivity contribution in [2.24, 2.45) is 5.92 Å². The van der Waals surface area contributed by atoms with E-state index in [1.54, 1.807) is 12.1 Å². The topological polar surface area (TPSA) is 43.4 Å². The zero-order chi connectivity index (χ0) is 34.7. The predicted octanol–water partition coefficient (Wildman–Crippen LogP) is 12.9. The molecule has 0 N–H and O–H groups in total. The fourth-order valence-electron chi connectivity index (χ4n) is 5.09. The predicted molar refractivity (Wildman–Crippen MR) is 202 cm³/mol. The Labute approximate surface area is 284 Å². The largest absolute Gasteiger partial charge is 0.297 e. The summed E-state index contributed by atoms with van der Waals surface area (Å²) in [5.41, 5.74) is 10.1. The quantitative estimate of drug-likeness (QED) is 0.104. The Morgan fingerprint density at radius 3 is 1.48 bits per heavy atom. The summed E-state index contributed by atoms with van der Waals surface area (Å²) >= 11 is 0. The van der Waals surface area contributed by atoms with E-state index >= 15 is 0 Å². The summed E-state index contributed by atoms with van der Waals surface area (Å²) in [4.78, 5) is 0.195. The van der Waals surface area contributed by atoms with Gasteiger partial charge in [-0.25, -0.2) is 0 Å². The van der Waals surface area contributed by atoms with Gasteiger partial charge < -0.3 is 0 Å². The molecule has 2 atom stereocenters. The Bertz CT molecular complexity index is 1380. The fourth-order valence-corrected chi connectivity index (χ4v) is 6.16. The van der Waals surface area contributed by atoms with E-state index in [9.17, 15) is 8.42 Å². The molecule has 0 saturated heterocycles. The minimum Gasteiger partial charge on any atom is -0.258 e. The Hall–Kier alpha value is -2.69. The molecule has 1 aromatic carbocycles.